The largest absolute Gasteiger partial charge is 0.466 e. The summed E-state index contributed by atoms with van der Waals surface area (Å²) in [4.78, 5) is 12.5. The highest BCUT2D eigenvalue weighted by Crippen LogP contribution is 2.35. The minimum atomic E-state index is -0.134. The molecular formula is C19H17Br3O5. The van der Waals surface area contributed by atoms with Gasteiger partial charge in [-0.3, -0.25) is 4.79 Å². The molecule has 0 fully saturated rings. The Kier molecular flexibility index (Phi) is 8.98. The SMILES string of the molecule is COCOc1ccc(/C=C/C(=O)c2cc(Br)c(OCOC)c(Br)c2)cc1Br. The van der Waals surface area contributed by atoms with Crippen LogP contribution in [-0.4, -0.2) is 33.6 Å². The van der Waals surface area contributed by atoms with Gasteiger partial charge >= 0.3 is 0 Å². The molecule has 27 heavy (non-hydrogen) atoms. The normalized spacial score (nSPS) is 11.0. The number of carbonyl (C=O) groups excluding carboxylic acids is 1. The topological polar surface area (TPSA) is 54.0 Å². The summed E-state index contributed by atoms with van der Waals surface area (Å²) >= 11 is 10.3. The summed E-state index contributed by atoms with van der Waals surface area (Å²) in [7, 11) is 3.10. The molecule has 5 nitrogen and oxygen atoms in total. The van der Waals surface area contributed by atoms with Crippen molar-refractivity contribution < 1.29 is 23.7 Å². The Hall–Kier alpha value is -1.19. The summed E-state index contributed by atoms with van der Waals surface area (Å²) in [6, 6.07) is 8.94. The number of hydrogen-bond donors (Lipinski definition) is 0. The van der Waals surface area contributed by atoms with E-state index in [1.54, 1.807) is 32.4 Å². The molecule has 0 saturated heterocycles. The van der Waals surface area contributed by atoms with E-state index in [9.17, 15) is 4.79 Å². The number of halogens is 3. The summed E-state index contributed by atoms with van der Waals surface area (Å²) < 4.78 is 22.8. The van der Waals surface area contributed by atoms with Gasteiger partial charge in [-0.2, -0.15) is 0 Å². The molecule has 2 aromatic carbocycles. The van der Waals surface area contributed by atoms with Gasteiger partial charge in [0.15, 0.2) is 25.1 Å². The molecule has 0 radical (unpaired) electrons. The lowest BCUT2D eigenvalue weighted by Crippen LogP contribution is -2.02. The van der Waals surface area contributed by atoms with Crippen molar-refractivity contribution in [3.8, 4) is 11.5 Å². The van der Waals surface area contributed by atoms with Crippen LogP contribution in [0.25, 0.3) is 6.08 Å². The lowest BCUT2D eigenvalue weighted by atomic mass is 10.1. The zero-order chi connectivity index (χ0) is 19.8. The van der Waals surface area contributed by atoms with E-state index in [-0.39, 0.29) is 19.4 Å². The van der Waals surface area contributed by atoms with Crippen molar-refractivity contribution >= 4 is 59.6 Å². The number of methoxy groups -OCH3 is 2. The molecule has 0 aromatic heterocycles. The van der Waals surface area contributed by atoms with Crippen molar-refractivity contribution in [1.82, 2.24) is 0 Å². The van der Waals surface area contributed by atoms with Crippen LogP contribution >= 0.6 is 47.8 Å². The average molecular weight is 565 g/mol. The first-order valence-corrected chi connectivity index (χ1v) is 10.1. The highest BCUT2D eigenvalue weighted by molar-refractivity contribution is 9.11. The van der Waals surface area contributed by atoms with Crippen LogP contribution in [0.4, 0.5) is 0 Å². The second-order valence-electron chi connectivity index (χ2n) is 5.26. The van der Waals surface area contributed by atoms with Gasteiger partial charge in [-0.05, 0) is 83.7 Å². The first-order valence-electron chi connectivity index (χ1n) is 7.70. The molecule has 0 unspecified atom stereocenters. The molecule has 0 aliphatic rings. The number of ether oxygens (including phenoxy) is 4. The minimum absolute atomic E-state index is 0.114. The van der Waals surface area contributed by atoms with Crippen molar-refractivity contribution in [3.05, 3.63) is 61.0 Å². The molecule has 0 spiro atoms. The van der Waals surface area contributed by atoms with Gasteiger partial charge in [-0.25, -0.2) is 0 Å². The van der Waals surface area contributed by atoms with Crippen LogP contribution in [-0.2, 0) is 9.47 Å². The lowest BCUT2D eigenvalue weighted by Gasteiger charge is -2.10. The fourth-order valence-corrected chi connectivity index (χ4v) is 4.01. The molecule has 2 rings (SSSR count). The third-order valence-electron chi connectivity index (χ3n) is 3.32. The zero-order valence-electron chi connectivity index (χ0n) is 14.6. The first-order chi connectivity index (χ1) is 13.0. The van der Waals surface area contributed by atoms with Gasteiger partial charge in [0, 0.05) is 19.8 Å². The highest BCUT2D eigenvalue weighted by atomic mass is 79.9. The van der Waals surface area contributed by atoms with E-state index in [2.05, 4.69) is 47.8 Å². The Morgan fingerprint density at radius 3 is 2.15 bits per heavy atom. The van der Waals surface area contributed by atoms with E-state index in [1.807, 2.05) is 18.2 Å². The van der Waals surface area contributed by atoms with Gasteiger partial charge in [0.25, 0.3) is 0 Å². The van der Waals surface area contributed by atoms with Crippen LogP contribution < -0.4 is 9.47 Å². The maximum atomic E-state index is 12.5. The van der Waals surface area contributed by atoms with Crippen molar-refractivity contribution in [2.24, 2.45) is 0 Å². The van der Waals surface area contributed by atoms with Crippen LogP contribution in [0.1, 0.15) is 15.9 Å². The van der Waals surface area contributed by atoms with Gasteiger partial charge in [0.2, 0.25) is 0 Å². The van der Waals surface area contributed by atoms with Crippen LogP contribution in [0.3, 0.4) is 0 Å². The van der Waals surface area contributed by atoms with Gasteiger partial charge in [-0.1, -0.05) is 12.1 Å². The number of allylic oxidation sites excluding steroid dienone is 1. The number of benzene rings is 2. The number of hydrogen-bond acceptors (Lipinski definition) is 5. The monoisotopic (exact) mass is 562 g/mol. The van der Waals surface area contributed by atoms with E-state index in [1.165, 1.54) is 6.08 Å². The number of carbonyl (C=O) groups is 1. The van der Waals surface area contributed by atoms with Gasteiger partial charge in [0.05, 0.1) is 13.4 Å². The smallest absolute Gasteiger partial charge is 0.188 e. The zero-order valence-corrected chi connectivity index (χ0v) is 19.4. The van der Waals surface area contributed by atoms with Crippen molar-refractivity contribution in [2.75, 3.05) is 27.8 Å². The Balaban J connectivity index is 2.13. The summed E-state index contributed by atoms with van der Waals surface area (Å²) in [6.07, 6.45) is 3.26. The predicted molar refractivity (Wildman–Crippen MR) is 114 cm³/mol. The van der Waals surface area contributed by atoms with Gasteiger partial charge in [0.1, 0.15) is 5.75 Å². The fraction of sp³-hybridized carbons (Fsp3) is 0.211. The van der Waals surface area contributed by atoms with Crippen LogP contribution in [0, 0.1) is 0 Å². The molecule has 0 N–H and O–H groups in total. The molecule has 2 aromatic rings. The third-order valence-corrected chi connectivity index (χ3v) is 5.12. The molecule has 0 atom stereocenters. The molecule has 0 saturated carbocycles. The molecule has 8 heteroatoms. The molecule has 0 amide bonds. The third kappa shape index (κ3) is 6.43. The average Bonchev–Trinajstić information content (AvgIpc) is 2.64. The maximum absolute atomic E-state index is 12.5. The van der Waals surface area contributed by atoms with E-state index in [0.717, 1.165) is 10.0 Å². The van der Waals surface area contributed by atoms with Gasteiger partial charge < -0.3 is 18.9 Å². The summed E-state index contributed by atoms with van der Waals surface area (Å²) in [5.41, 5.74) is 1.38. The van der Waals surface area contributed by atoms with Crippen molar-refractivity contribution in [2.45, 2.75) is 0 Å². The van der Waals surface area contributed by atoms with E-state index in [4.69, 9.17) is 18.9 Å². The standard InChI is InChI=1S/C19H17Br3O5/c1-24-10-26-18-6-4-12(7-14(18)20)3-5-17(23)13-8-15(21)19(16(22)9-13)27-11-25-2/h3-9H,10-11H2,1-2H3/b5-3+. The molecule has 0 aliphatic carbocycles. The second-order valence-corrected chi connectivity index (χ2v) is 7.82. The Labute approximate surface area is 183 Å². The first kappa shape index (κ1) is 22.1. The lowest BCUT2D eigenvalue weighted by molar-refractivity contribution is 0.0500. The van der Waals surface area contributed by atoms with E-state index >= 15 is 0 Å². The Morgan fingerprint density at radius 2 is 1.56 bits per heavy atom. The van der Waals surface area contributed by atoms with Crippen molar-refractivity contribution in [1.29, 1.82) is 0 Å². The van der Waals surface area contributed by atoms with Crippen molar-refractivity contribution in [3.63, 3.8) is 0 Å². The predicted octanol–water partition coefficient (Wildman–Crippen LogP) is 5.84. The summed E-state index contributed by atoms with van der Waals surface area (Å²) in [6.45, 7) is 0.281. The van der Waals surface area contributed by atoms with Crippen LogP contribution in [0.5, 0.6) is 11.5 Å². The molecule has 144 valence electrons. The number of rotatable bonds is 9. The number of ketones is 1. The maximum Gasteiger partial charge on any atom is 0.188 e. The summed E-state index contributed by atoms with van der Waals surface area (Å²) in [5.74, 6) is 1.11. The summed E-state index contributed by atoms with van der Waals surface area (Å²) in [5, 5.41) is 0. The van der Waals surface area contributed by atoms with Gasteiger partial charge in [-0.15, -0.1) is 0 Å². The second kappa shape index (κ2) is 11.0. The van der Waals surface area contributed by atoms with E-state index < -0.39 is 0 Å². The Bertz CT molecular complexity index is 813. The molecule has 0 heterocycles. The van der Waals surface area contributed by atoms with E-state index in [0.29, 0.717) is 26.0 Å². The quantitative estimate of drug-likeness (QED) is 0.218. The molecule has 0 aliphatic heterocycles. The molecule has 0 bridgehead atoms. The fourth-order valence-electron chi connectivity index (χ4n) is 2.09. The highest BCUT2D eigenvalue weighted by Gasteiger charge is 2.12. The minimum Gasteiger partial charge on any atom is -0.466 e. The van der Waals surface area contributed by atoms with Crippen LogP contribution in [0.2, 0.25) is 0 Å². The Morgan fingerprint density at radius 1 is 0.926 bits per heavy atom. The molecular weight excluding hydrogens is 548 g/mol. The van der Waals surface area contributed by atoms with Crippen LogP contribution in [0.15, 0.2) is 49.8 Å².